The third-order valence-electron chi connectivity index (χ3n) is 3.49. The zero-order valence-electron chi connectivity index (χ0n) is 10.6. The van der Waals surface area contributed by atoms with Crippen molar-refractivity contribution in [2.75, 3.05) is 18.1 Å². The van der Waals surface area contributed by atoms with Crippen LogP contribution >= 0.6 is 15.9 Å². The minimum absolute atomic E-state index is 0.0820. The van der Waals surface area contributed by atoms with Crippen LogP contribution in [0.2, 0.25) is 0 Å². The van der Waals surface area contributed by atoms with Crippen molar-refractivity contribution >= 4 is 27.5 Å². The molecule has 2 rings (SSSR count). The van der Waals surface area contributed by atoms with Crippen LogP contribution in [0.15, 0.2) is 27.8 Å². The minimum Gasteiger partial charge on any atom is -0.409 e. The molecule has 5 nitrogen and oxygen atoms in total. The molecule has 1 atom stereocenters. The van der Waals surface area contributed by atoms with E-state index in [2.05, 4.69) is 26.0 Å². The molecule has 1 aromatic carbocycles. The van der Waals surface area contributed by atoms with E-state index in [4.69, 9.17) is 10.9 Å². The standard InChI is InChI=1S/C13H18BrN3O2/c14-9-4-5-12(11(7-9)13(15)16-19)17-6-2-1-3-10(17)8-18/h4-5,7,10,18-19H,1-3,6,8H2,(H2,15,16). The van der Waals surface area contributed by atoms with Gasteiger partial charge >= 0.3 is 0 Å². The Hall–Kier alpha value is -1.27. The molecule has 19 heavy (non-hydrogen) atoms. The summed E-state index contributed by atoms with van der Waals surface area (Å²) in [5, 5.41) is 21.5. The summed E-state index contributed by atoms with van der Waals surface area (Å²) in [7, 11) is 0. The Morgan fingerprint density at radius 1 is 1.47 bits per heavy atom. The highest BCUT2D eigenvalue weighted by atomic mass is 79.9. The van der Waals surface area contributed by atoms with Gasteiger partial charge in [-0.05, 0) is 37.5 Å². The normalized spacial score (nSPS) is 20.6. The third kappa shape index (κ3) is 3.01. The molecule has 0 aromatic heterocycles. The summed E-state index contributed by atoms with van der Waals surface area (Å²) >= 11 is 3.39. The van der Waals surface area contributed by atoms with E-state index in [0.717, 1.165) is 36.0 Å². The summed E-state index contributed by atoms with van der Waals surface area (Å²) in [5.74, 6) is 0.0820. The van der Waals surface area contributed by atoms with Crippen molar-refractivity contribution in [3.63, 3.8) is 0 Å². The van der Waals surface area contributed by atoms with E-state index < -0.39 is 0 Å². The van der Waals surface area contributed by atoms with Gasteiger partial charge in [0, 0.05) is 22.3 Å². The summed E-state index contributed by atoms with van der Waals surface area (Å²) in [6, 6.07) is 5.78. The molecule has 0 saturated carbocycles. The molecule has 1 aliphatic heterocycles. The van der Waals surface area contributed by atoms with E-state index in [-0.39, 0.29) is 18.5 Å². The lowest BCUT2D eigenvalue weighted by Crippen LogP contribution is -2.42. The minimum atomic E-state index is 0.0820. The Balaban J connectivity index is 2.42. The number of hydrogen-bond donors (Lipinski definition) is 3. The van der Waals surface area contributed by atoms with E-state index in [1.54, 1.807) is 0 Å². The van der Waals surface area contributed by atoms with Crippen LogP contribution in [-0.2, 0) is 0 Å². The van der Waals surface area contributed by atoms with Crippen LogP contribution in [0.25, 0.3) is 0 Å². The zero-order valence-corrected chi connectivity index (χ0v) is 12.2. The molecule has 6 heteroatoms. The van der Waals surface area contributed by atoms with Gasteiger partial charge in [-0.15, -0.1) is 0 Å². The Labute approximate surface area is 120 Å². The summed E-state index contributed by atoms with van der Waals surface area (Å²) in [4.78, 5) is 2.14. The quantitative estimate of drug-likeness (QED) is 0.343. The molecule has 1 unspecified atom stereocenters. The Morgan fingerprint density at radius 2 is 2.26 bits per heavy atom. The predicted molar refractivity (Wildman–Crippen MR) is 78.7 cm³/mol. The van der Waals surface area contributed by atoms with E-state index in [9.17, 15) is 5.11 Å². The van der Waals surface area contributed by atoms with Crippen LogP contribution in [0.3, 0.4) is 0 Å². The number of halogens is 1. The number of aliphatic hydroxyl groups is 1. The molecule has 4 N–H and O–H groups in total. The predicted octanol–water partition coefficient (Wildman–Crippen LogP) is 1.89. The van der Waals surface area contributed by atoms with Crippen LogP contribution in [-0.4, -0.2) is 35.3 Å². The molecule has 0 bridgehead atoms. The molecule has 0 spiro atoms. The van der Waals surface area contributed by atoms with E-state index in [0.29, 0.717) is 5.56 Å². The number of hydrogen-bond acceptors (Lipinski definition) is 4. The average Bonchev–Trinajstić information content (AvgIpc) is 2.46. The molecule has 1 heterocycles. The van der Waals surface area contributed by atoms with Crippen LogP contribution in [0.1, 0.15) is 24.8 Å². The fourth-order valence-electron chi connectivity index (χ4n) is 2.53. The first-order valence-electron chi connectivity index (χ1n) is 6.32. The lowest BCUT2D eigenvalue weighted by Gasteiger charge is -2.37. The largest absolute Gasteiger partial charge is 0.409 e. The second-order valence-corrected chi connectivity index (χ2v) is 5.59. The number of piperidine rings is 1. The van der Waals surface area contributed by atoms with Crippen molar-refractivity contribution in [3.05, 3.63) is 28.2 Å². The molecule has 1 fully saturated rings. The van der Waals surface area contributed by atoms with Gasteiger partial charge in [-0.1, -0.05) is 21.1 Å². The second kappa shape index (κ2) is 6.25. The summed E-state index contributed by atoms with van der Waals surface area (Å²) in [5.41, 5.74) is 7.33. The first kappa shape index (κ1) is 14.1. The smallest absolute Gasteiger partial charge is 0.172 e. The molecular formula is C13H18BrN3O2. The molecule has 104 valence electrons. The first-order valence-corrected chi connectivity index (χ1v) is 7.11. The summed E-state index contributed by atoms with van der Waals surface area (Å²) in [6.07, 6.45) is 3.17. The zero-order chi connectivity index (χ0) is 13.8. The number of aliphatic hydroxyl groups excluding tert-OH is 1. The van der Waals surface area contributed by atoms with Crippen molar-refractivity contribution in [1.82, 2.24) is 0 Å². The number of oxime groups is 1. The van der Waals surface area contributed by atoms with Gasteiger partial charge in [0.15, 0.2) is 5.84 Å². The van der Waals surface area contributed by atoms with Gasteiger partial charge in [-0.2, -0.15) is 0 Å². The van der Waals surface area contributed by atoms with Crippen molar-refractivity contribution < 1.29 is 10.3 Å². The number of nitrogens with two attached hydrogens (primary N) is 1. The number of nitrogens with zero attached hydrogens (tertiary/aromatic N) is 2. The fourth-order valence-corrected chi connectivity index (χ4v) is 2.89. The highest BCUT2D eigenvalue weighted by Gasteiger charge is 2.24. The van der Waals surface area contributed by atoms with Gasteiger partial charge in [-0.3, -0.25) is 0 Å². The highest BCUT2D eigenvalue weighted by Crippen LogP contribution is 2.30. The summed E-state index contributed by atoms with van der Waals surface area (Å²) in [6.45, 7) is 0.990. The molecule has 0 amide bonds. The summed E-state index contributed by atoms with van der Waals surface area (Å²) < 4.78 is 0.871. The van der Waals surface area contributed by atoms with Crippen molar-refractivity contribution in [2.24, 2.45) is 10.9 Å². The first-order chi connectivity index (χ1) is 9.17. The molecule has 1 saturated heterocycles. The monoisotopic (exact) mass is 327 g/mol. The van der Waals surface area contributed by atoms with Crippen molar-refractivity contribution in [1.29, 1.82) is 0 Å². The van der Waals surface area contributed by atoms with Gasteiger partial charge in [0.05, 0.1) is 12.6 Å². The number of benzene rings is 1. The van der Waals surface area contributed by atoms with Crippen molar-refractivity contribution in [2.45, 2.75) is 25.3 Å². The number of anilines is 1. The van der Waals surface area contributed by atoms with E-state index >= 15 is 0 Å². The second-order valence-electron chi connectivity index (χ2n) is 4.67. The molecule has 1 aromatic rings. The number of amidine groups is 1. The lowest BCUT2D eigenvalue weighted by atomic mass is 10.00. The molecule has 1 aliphatic rings. The maximum Gasteiger partial charge on any atom is 0.172 e. The highest BCUT2D eigenvalue weighted by molar-refractivity contribution is 9.10. The van der Waals surface area contributed by atoms with E-state index in [1.807, 2.05) is 18.2 Å². The van der Waals surface area contributed by atoms with Crippen molar-refractivity contribution in [3.8, 4) is 0 Å². The molecule has 0 aliphatic carbocycles. The maximum atomic E-state index is 9.50. The van der Waals surface area contributed by atoms with Gasteiger partial charge in [0.25, 0.3) is 0 Å². The van der Waals surface area contributed by atoms with Gasteiger partial charge in [-0.25, -0.2) is 0 Å². The maximum absolute atomic E-state index is 9.50. The Bertz CT molecular complexity index is 479. The van der Waals surface area contributed by atoms with Crippen LogP contribution < -0.4 is 10.6 Å². The SMILES string of the molecule is N/C(=N/O)c1cc(Br)ccc1N1CCCCC1CO. The average molecular weight is 328 g/mol. The molecule has 0 radical (unpaired) electrons. The lowest BCUT2D eigenvalue weighted by molar-refractivity contribution is 0.240. The van der Waals surface area contributed by atoms with E-state index in [1.165, 1.54) is 0 Å². The topological polar surface area (TPSA) is 82.1 Å². The van der Waals surface area contributed by atoms with Gasteiger partial charge < -0.3 is 20.9 Å². The van der Waals surface area contributed by atoms with Crippen LogP contribution in [0.4, 0.5) is 5.69 Å². The Kier molecular flexibility index (Phi) is 4.66. The third-order valence-corrected chi connectivity index (χ3v) is 3.98. The molecular weight excluding hydrogens is 310 g/mol. The Morgan fingerprint density at radius 3 is 2.95 bits per heavy atom. The van der Waals surface area contributed by atoms with Crippen LogP contribution in [0.5, 0.6) is 0 Å². The fraction of sp³-hybridized carbons (Fsp3) is 0.462. The number of rotatable bonds is 3. The van der Waals surface area contributed by atoms with Gasteiger partial charge in [0.1, 0.15) is 0 Å². The van der Waals surface area contributed by atoms with Crippen LogP contribution in [0, 0.1) is 0 Å². The van der Waals surface area contributed by atoms with Gasteiger partial charge in [0.2, 0.25) is 0 Å².